The SMILES string of the molecule is Cc1ccc2c(Cl)c3cccc(C(=O)Cl)c3nc2c1. The number of fused-ring (bicyclic) bond motifs is 2. The van der Waals surface area contributed by atoms with Crippen LogP contribution in [0.15, 0.2) is 36.4 Å². The molecule has 0 spiro atoms. The molecule has 0 amide bonds. The molecule has 0 bridgehead atoms. The lowest BCUT2D eigenvalue weighted by molar-refractivity contribution is 0.108. The number of para-hydroxylation sites is 1. The molecule has 94 valence electrons. The number of rotatable bonds is 1. The maximum Gasteiger partial charge on any atom is 0.254 e. The van der Waals surface area contributed by atoms with Gasteiger partial charge in [-0.25, -0.2) is 4.98 Å². The van der Waals surface area contributed by atoms with Crippen LogP contribution in [0.3, 0.4) is 0 Å². The van der Waals surface area contributed by atoms with Gasteiger partial charge in [-0.1, -0.05) is 35.9 Å². The average Bonchev–Trinajstić information content (AvgIpc) is 2.37. The Morgan fingerprint density at radius 1 is 1.16 bits per heavy atom. The molecule has 0 N–H and O–H groups in total. The summed E-state index contributed by atoms with van der Waals surface area (Å²) in [6.45, 7) is 1.98. The van der Waals surface area contributed by atoms with Crippen LogP contribution >= 0.6 is 23.2 Å². The van der Waals surface area contributed by atoms with Gasteiger partial charge in [0.2, 0.25) is 0 Å². The molecule has 0 atom stereocenters. The molecule has 0 aliphatic heterocycles. The van der Waals surface area contributed by atoms with Crippen LogP contribution in [0.25, 0.3) is 21.8 Å². The molecule has 1 heterocycles. The zero-order valence-corrected chi connectivity index (χ0v) is 11.6. The standard InChI is InChI=1S/C15H9Cl2NO/c1-8-5-6-9-12(7-8)18-14-10(13(9)16)3-2-4-11(14)15(17)19/h2-7H,1H3. The Balaban J connectivity index is 2.54. The fraction of sp³-hybridized carbons (Fsp3) is 0.0667. The smallest absolute Gasteiger partial charge is 0.254 e. The lowest BCUT2D eigenvalue weighted by Gasteiger charge is -2.08. The molecule has 0 aliphatic carbocycles. The minimum absolute atomic E-state index is 0.379. The van der Waals surface area contributed by atoms with Crippen molar-refractivity contribution in [3.05, 3.63) is 52.5 Å². The predicted molar refractivity (Wildman–Crippen MR) is 79.2 cm³/mol. The van der Waals surface area contributed by atoms with Crippen molar-refractivity contribution >= 4 is 50.3 Å². The van der Waals surface area contributed by atoms with Crippen LogP contribution in [-0.2, 0) is 0 Å². The topological polar surface area (TPSA) is 30.0 Å². The third kappa shape index (κ3) is 1.97. The van der Waals surface area contributed by atoms with Crippen LogP contribution in [0, 0.1) is 6.92 Å². The first-order valence-electron chi connectivity index (χ1n) is 5.76. The number of benzene rings is 2. The van der Waals surface area contributed by atoms with E-state index in [1.54, 1.807) is 12.1 Å². The molecule has 0 fully saturated rings. The van der Waals surface area contributed by atoms with Crippen LogP contribution in [-0.4, -0.2) is 10.2 Å². The van der Waals surface area contributed by atoms with Crippen LogP contribution in [0.5, 0.6) is 0 Å². The highest BCUT2D eigenvalue weighted by molar-refractivity contribution is 6.68. The number of carbonyl (C=O) groups is 1. The molecule has 3 rings (SSSR count). The number of aromatic nitrogens is 1. The zero-order valence-electron chi connectivity index (χ0n) is 10.1. The summed E-state index contributed by atoms with van der Waals surface area (Å²) in [5.41, 5.74) is 2.78. The minimum Gasteiger partial charge on any atom is -0.276 e. The Kier molecular flexibility index (Phi) is 2.92. The van der Waals surface area contributed by atoms with Gasteiger partial charge in [-0.3, -0.25) is 4.79 Å². The van der Waals surface area contributed by atoms with Gasteiger partial charge in [0.15, 0.2) is 0 Å². The van der Waals surface area contributed by atoms with E-state index in [1.165, 1.54) is 0 Å². The first-order chi connectivity index (χ1) is 9.08. The highest BCUT2D eigenvalue weighted by Gasteiger charge is 2.13. The summed E-state index contributed by atoms with van der Waals surface area (Å²) >= 11 is 12.0. The summed E-state index contributed by atoms with van der Waals surface area (Å²) in [6.07, 6.45) is 0. The van der Waals surface area contributed by atoms with E-state index in [4.69, 9.17) is 23.2 Å². The minimum atomic E-state index is -0.527. The molecule has 4 heteroatoms. The van der Waals surface area contributed by atoms with E-state index in [1.807, 2.05) is 31.2 Å². The quantitative estimate of drug-likeness (QED) is 0.479. The second-order valence-corrected chi connectivity index (χ2v) is 5.14. The van der Waals surface area contributed by atoms with E-state index in [0.29, 0.717) is 16.1 Å². The van der Waals surface area contributed by atoms with E-state index in [9.17, 15) is 4.79 Å². The van der Waals surface area contributed by atoms with Crippen molar-refractivity contribution in [2.45, 2.75) is 6.92 Å². The zero-order chi connectivity index (χ0) is 13.6. The van der Waals surface area contributed by atoms with Crippen molar-refractivity contribution in [3.63, 3.8) is 0 Å². The number of pyridine rings is 1. The Bertz CT molecular complexity index is 827. The van der Waals surface area contributed by atoms with Gasteiger partial charge in [0.1, 0.15) is 0 Å². The number of hydrogen-bond donors (Lipinski definition) is 0. The number of aryl methyl sites for hydroxylation is 1. The first-order valence-corrected chi connectivity index (χ1v) is 6.52. The van der Waals surface area contributed by atoms with Crippen LogP contribution in [0.1, 0.15) is 15.9 Å². The van der Waals surface area contributed by atoms with Crippen LogP contribution in [0.2, 0.25) is 5.02 Å². The van der Waals surface area contributed by atoms with Gasteiger partial charge in [0.05, 0.1) is 21.6 Å². The average molecular weight is 290 g/mol. The second-order valence-electron chi connectivity index (χ2n) is 4.42. The Labute approximate surface area is 120 Å². The van der Waals surface area contributed by atoms with Crippen molar-refractivity contribution in [3.8, 4) is 0 Å². The third-order valence-corrected chi connectivity index (χ3v) is 3.72. The van der Waals surface area contributed by atoms with E-state index >= 15 is 0 Å². The van der Waals surface area contributed by atoms with Crippen molar-refractivity contribution < 1.29 is 4.79 Å². The molecule has 0 radical (unpaired) electrons. The first kappa shape index (κ1) is 12.4. The summed E-state index contributed by atoms with van der Waals surface area (Å²) in [5.74, 6) is 0. The van der Waals surface area contributed by atoms with E-state index in [2.05, 4.69) is 4.98 Å². The molecule has 1 aromatic heterocycles. The van der Waals surface area contributed by atoms with Gasteiger partial charge in [-0.2, -0.15) is 0 Å². The molecule has 2 aromatic carbocycles. The molecule has 0 unspecified atom stereocenters. The molecule has 3 aromatic rings. The van der Waals surface area contributed by atoms with Gasteiger partial charge in [0, 0.05) is 10.8 Å². The normalized spacial score (nSPS) is 11.1. The number of carbonyl (C=O) groups excluding carboxylic acids is 1. The van der Waals surface area contributed by atoms with Crippen molar-refractivity contribution in [2.24, 2.45) is 0 Å². The van der Waals surface area contributed by atoms with Crippen molar-refractivity contribution in [2.75, 3.05) is 0 Å². The molecular formula is C15H9Cl2NO. The fourth-order valence-electron chi connectivity index (χ4n) is 2.19. The van der Waals surface area contributed by atoms with E-state index in [0.717, 1.165) is 21.9 Å². The Hall–Kier alpha value is -1.64. The lowest BCUT2D eigenvalue weighted by atomic mass is 10.1. The summed E-state index contributed by atoms with van der Waals surface area (Å²) < 4.78 is 0. The Morgan fingerprint density at radius 3 is 2.68 bits per heavy atom. The monoisotopic (exact) mass is 289 g/mol. The lowest BCUT2D eigenvalue weighted by Crippen LogP contribution is -1.94. The summed E-state index contributed by atoms with van der Waals surface area (Å²) in [7, 11) is 0. The van der Waals surface area contributed by atoms with Crippen LogP contribution in [0.4, 0.5) is 0 Å². The van der Waals surface area contributed by atoms with Gasteiger partial charge in [-0.05, 0) is 36.2 Å². The van der Waals surface area contributed by atoms with Gasteiger partial charge >= 0.3 is 0 Å². The van der Waals surface area contributed by atoms with Gasteiger partial charge < -0.3 is 0 Å². The van der Waals surface area contributed by atoms with Gasteiger partial charge in [-0.15, -0.1) is 0 Å². The summed E-state index contributed by atoms with van der Waals surface area (Å²) in [5, 5.41) is 1.68. The fourth-order valence-corrected chi connectivity index (χ4v) is 2.65. The van der Waals surface area contributed by atoms with Crippen LogP contribution < -0.4 is 0 Å². The van der Waals surface area contributed by atoms with Crippen molar-refractivity contribution in [1.82, 2.24) is 4.98 Å². The molecule has 19 heavy (non-hydrogen) atoms. The Morgan fingerprint density at radius 2 is 1.95 bits per heavy atom. The summed E-state index contributed by atoms with van der Waals surface area (Å²) in [4.78, 5) is 16.0. The molecule has 2 nitrogen and oxygen atoms in total. The van der Waals surface area contributed by atoms with Gasteiger partial charge in [0.25, 0.3) is 5.24 Å². The second kappa shape index (κ2) is 4.48. The highest BCUT2D eigenvalue weighted by atomic mass is 35.5. The number of halogens is 2. The predicted octanol–water partition coefficient (Wildman–Crippen LogP) is 4.73. The maximum absolute atomic E-state index is 11.5. The molecule has 0 aliphatic rings. The van der Waals surface area contributed by atoms with E-state index < -0.39 is 5.24 Å². The third-order valence-electron chi connectivity index (χ3n) is 3.11. The van der Waals surface area contributed by atoms with E-state index in [-0.39, 0.29) is 0 Å². The maximum atomic E-state index is 11.5. The highest BCUT2D eigenvalue weighted by Crippen LogP contribution is 2.32. The molecule has 0 saturated carbocycles. The largest absolute Gasteiger partial charge is 0.276 e. The van der Waals surface area contributed by atoms with Crippen molar-refractivity contribution in [1.29, 1.82) is 0 Å². The molecule has 0 saturated heterocycles. The molecular weight excluding hydrogens is 281 g/mol. The number of hydrogen-bond acceptors (Lipinski definition) is 2. The summed E-state index contributed by atoms with van der Waals surface area (Å²) in [6, 6.07) is 11.1. The number of nitrogens with zero attached hydrogens (tertiary/aromatic N) is 1.